The van der Waals surface area contributed by atoms with Crippen molar-refractivity contribution in [2.75, 3.05) is 75.1 Å². The number of rotatable bonds is 20. The summed E-state index contributed by atoms with van der Waals surface area (Å²) >= 11 is 51.7. The van der Waals surface area contributed by atoms with Crippen molar-refractivity contribution in [2.24, 2.45) is 0 Å². The highest BCUT2D eigenvalue weighted by atomic mass is 32.3. The Kier molecular flexibility index (Phi) is 26.3. The van der Waals surface area contributed by atoms with Gasteiger partial charge in [0.25, 0.3) is 0 Å². The lowest BCUT2D eigenvalue weighted by Gasteiger charge is -2.10. The van der Waals surface area contributed by atoms with E-state index in [0.717, 1.165) is 0 Å². The van der Waals surface area contributed by atoms with Crippen molar-refractivity contribution < 1.29 is 0 Å². The van der Waals surface area contributed by atoms with Gasteiger partial charge in [-0.25, -0.2) is 0 Å². The fourth-order valence-electron chi connectivity index (χ4n) is 6.89. The van der Waals surface area contributed by atoms with Crippen molar-refractivity contribution in [3.63, 3.8) is 0 Å². The summed E-state index contributed by atoms with van der Waals surface area (Å²) in [6.07, 6.45) is 31.6. The molecule has 0 fully saturated rings. The quantitative estimate of drug-likeness (QED) is 0.105. The zero-order valence-corrected chi connectivity index (χ0v) is 63.7. The lowest BCUT2D eigenvalue weighted by Crippen LogP contribution is -1.84. The van der Waals surface area contributed by atoms with E-state index in [1.165, 1.54) is 128 Å². The molecule has 0 bridgehead atoms. The maximum atomic E-state index is 2.49. The van der Waals surface area contributed by atoms with Crippen molar-refractivity contribution in [2.45, 2.75) is 0 Å². The number of thioether (sulfide) groups is 24. The van der Waals surface area contributed by atoms with Crippen LogP contribution < -0.4 is 0 Å². The minimum atomic E-state index is 1.32. The van der Waals surface area contributed by atoms with Gasteiger partial charge in [-0.2, -0.15) is 0 Å². The molecule has 3 aromatic heterocycles. The summed E-state index contributed by atoms with van der Waals surface area (Å²) in [4.78, 5) is 7.92. The van der Waals surface area contributed by atoms with Gasteiger partial charge in [-0.3, -0.25) is 0 Å². The molecule has 9 rings (SSSR count). The minimum absolute atomic E-state index is 1.32. The van der Waals surface area contributed by atoms with Gasteiger partial charge in [0.15, 0.2) is 0 Å². The van der Waals surface area contributed by atoms with Crippen LogP contribution in [0.4, 0.5) is 0 Å². The smallest absolute Gasteiger partial charge is 0.0657 e. The van der Waals surface area contributed by atoms with Crippen LogP contribution in [0, 0.1) is 0 Å². The van der Waals surface area contributed by atoms with Crippen molar-refractivity contribution in [1.82, 2.24) is 0 Å². The van der Waals surface area contributed by atoms with Gasteiger partial charge in [0, 0.05) is 51.6 Å². The van der Waals surface area contributed by atoms with E-state index in [4.69, 9.17) is 0 Å². The topological polar surface area (TPSA) is 0 Å². The summed E-state index contributed by atoms with van der Waals surface area (Å²) in [5.41, 5.74) is 5.38. The number of thiophene rings is 3. The second kappa shape index (κ2) is 30.8. The summed E-state index contributed by atoms with van der Waals surface area (Å²) in [6.45, 7) is 0. The first-order chi connectivity index (χ1) is 36.5. The van der Waals surface area contributed by atoms with E-state index < -0.39 is 0 Å². The molecule has 0 spiro atoms. The van der Waals surface area contributed by atoms with Crippen LogP contribution in [0.3, 0.4) is 0 Å². The highest BCUT2D eigenvalue weighted by molar-refractivity contribution is 8.44. The summed E-state index contributed by atoms with van der Waals surface area (Å²) in [5.74, 6) is 0. The predicted molar refractivity (Wildman–Crippen MR) is 410 cm³/mol. The fraction of sp³-hybridized carbons (Fsp3) is 0.250. The molecule has 0 N–H and O–H groups in total. The Morgan fingerprint density at radius 1 is 0.253 bits per heavy atom. The molecule has 0 aliphatic carbocycles. The van der Waals surface area contributed by atoms with Crippen molar-refractivity contribution in [3.05, 3.63) is 154 Å². The highest BCUT2D eigenvalue weighted by Crippen LogP contribution is 2.66. The Labute approximate surface area is 558 Å². The predicted octanol–water partition coefficient (Wildman–Crippen LogP) is 26.3. The Balaban J connectivity index is 1.15. The van der Waals surface area contributed by atoms with Gasteiger partial charge in [0.1, 0.15) is 0 Å². The average Bonchev–Trinajstić information content (AvgIpc) is 4.30. The molecular formula is C48H44S27. The summed E-state index contributed by atoms with van der Waals surface area (Å²) < 4.78 is 25.0. The van der Waals surface area contributed by atoms with Crippen LogP contribution >= 0.6 is 316 Å². The Bertz CT molecular complexity index is 2820. The monoisotopic (exact) mass is 1480 g/mol. The van der Waals surface area contributed by atoms with E-state index in [-0.39, 0.29) is 0 Å². The Morgan fingerprint density at radius 2 is 0.440 bits per heavy atom. The average molecular weight is 1490 g/mol. The van der Waals surface area contributed by atoms with E-state index in [1.54, 1.807) is 0 Å². The van der Waals surface area contributed by atoms with Crippen molar-refractivity contribution >= 4 is 339 Å². The second-order valence-corrected chi connectivity index (χ2v) is 44.3. The molecule has 0 atom stereocenters. The SMILES string of the molecule is CSC1=C(SC)SC(=CC(=C2SC(SC)=C(SC)S2)c2ccc(C(=C3SC(SC)=C(SC)S3)c3ccc(C(=C4SC(SC)=C(SC)S4)c4ccc(C(C=C5SC(SC)=C(SC)S5)=C5SC(SC)=C(SC)S5)s4)s3)s2)S1. The van der Waals surface area contributed by atoms with E-state index in [2.05, 4.69) is 124 Å². The molecule has 0 saturated carbocycles. The highest BCUT2D eigenvalue weighted by Gasteiger charge is 2.33. The van der Waals surface area contributed by atoms with E-state index in [1.807, 2.05) is 316 Å². The fourth-order valence-corrected chi connectivity index (χ4v) is 41.3. The van der Waals surface area contributed by atoms with Crippen LogP contribution in [-0.2, 0) is 0 Å². The summed E-state index contributed by atoms with van der Waals surface area (Å²) in [7, 11) is 0. The molecule has 27 heteroatoms. The normalized spacial score (nSPS) is 18.5. The first kappa shape index (κ1) is 63.9. The number of hydrogen-bond donors (Lipinski definition) is 0. The second-order valence-electron chi connectivity index (χ2n) is 14.3. The van der Waals surface area contributed by atoms with Gasteiger partial charge in [-0.15, -0.1) is 175 Å². The molecular weight excluding hydrogens is 1440 g/mol. The third-order valence-electron chi connectivity index (χ3n) is 10.2. The van der Waals surface area contributed by atoms with Crippen LogP contribution in [0.2, 0.25) is 0 Å². The lowest BCUT2D eigenvalue weighted by molar-refractivity contribution is 1.77. The number of allylic oxidation sites excluding steroid dienone is 4. The molecule has 3 aromatic rings. The van der Waals surface area contributed by atoms with Crippen LogP contribution in [0.1, 0.15) is 29.3 Å². The Morgan fingerprint density at radius 3 is 0.667 bits per heavy atom. The van der Waals surface area contributed by atoms with Gasteiger partial charge >= 0.3 is 0 Å². The first-order valence-corrected chi connectivity index (χ1v) is 48.3. The van der Waals surface area contributed by atoms with Crippen LogP contribution in [0.5, 0.6) is 0 Å². The van der Waals surface area contributed by atoms with Gasteiger partial charge < -0.3 is 0 Å². The first-order valence-electron chi connectivity index (χ1n) is 21.4. The van der Waals surface area contributed by atoms with Gasteiger partial charge in [0.05, 0.1) is 76.3 Å². The Hall–Kier alpha value is 4.38. The molecule has 0 unspecified atom stereocenters. The third-order valence-corrected chi connectivity index (χ3v) is 44.7. The molecule has 0 radical (unpaired) electrons. The van der Waals surface area contributed by atoms with Crippen LogP contribution in [0.25, 0.3) is 22.3 Å². The summed E-state index contributed by atoms with van der Waals surface area (Å²) in [5, 5.41) is 0. The minimum Gasteiger partial charge on any atom is -0.135 e. The third kappa shape index (κ3) is 14.9. The lowest BCUT2D eigenvalue weighted by atomic mass is 10.1. The molecule has 0 nitrogen and oxygen atoms in total. The van der Waals surface area contributed by atoms with Crippen LogP contribution in [0.15, 0.2) is 125 Å². The molecule has 6 aliphatic rings. The summed E-state index contributed by atoms with van der Waals surface area (Å²) in [6, 6.07) is 14.5. The van der Waals surface area contributed by atoms with E-state index in [0.29, 0.717) is 0 Å². The molecule has 0 saturated heterocycles. The van der Waals surface area contributed by atoms with E-state index >= 15 is 0 Å². The molecule has 398 valence electrons. The standard InChI is InChI=1S/C48H44S27/c1-49-37-38(50-2)65-29(64-37)19-21(33-68-41(53-5)42(54-6)69-33)23-13-15-25(61-23)31(35-72-45(57-9)46(58-10)73-35)27-17-18-28(63-27)32(36-74-47(59-11)48(60-12)75-36)26-16-14-24(62-26)22(34-70-43(55-7)44(56-8)71-34)20-30-66-39(51-3)40(52-4)67-30/h13-20H,1-12H3. The zero-order chi connectivity index (χ0) is 52.9. The molecule has 75 heavy (non-hydrogen) atoms. The zero-order valence-electron chi connectivity index (χ0n) is 41.6. The van der Waals surface area contributed by atoms with Gasteiger partial charge in [-0.05, 0) is 124 Å². The van der Waals surface area contributed by atoms with E-state index in [9.17, 15) is 0 Å². The maximum Gasteiger partial charge on any atom is 0.0657 e. The maximum absolute atomic E-state index is 2.49. The van der Waals surface area contributed by atoms with Crippen molar-refractivity contribution in [3.8, 4) is 0 Å². The largest absolute Gasteiger partial charge is 0.135 e. The molecule has 6 aliphatic heterocycles. The van der Waals surface area contributed by atoms with Crippen LogP contribution in [-0.4, -0.2) is 75.1 Å². The molecule has 0 amide bonds. The van der Waals surface area contributed by atoms with Gasteiger partial charge in [-0.1, -0.05) is 141 Å². The van der Waals surface area contributed by atoms with Gasteiger partial charge in [0.2, 0.25) is 0 Å². The molecule has 9 heterocycles. The van der Waals surface area contributed by atoms with Crippen molar-refractivity contribution in [1.29, 1.82) is 0 Å². The molecule has 0 aromatic carbocycles. The number of hydrogen-bond acceptors (Lipinski definition) is 27.